The molecular weight excluding hydrogens is 382 g/mol. The largest absolute Gasteiger partial charge is 0.335 e. The summed E-state index contributed by atoms with van der Waals surface area (Å²) in [7, 11) is 0. The number of hydrogen-bond acceptors (Lipinski definition) is 3. The maximum Gasteiger partial charge on any atom is 0.247 e. The number of nitrogens with zero attached hydrogens (tertiary/aromatic N) is 3. The van der Waals surface area contributed by atoms with E-state index in [9.17, 15) is 4.79 Å². The first kappa shape index (κ1) is 22.5. The third-order valence-corrected chi connectivity index (χ3v) is 5.93. The highest BCUT2D eigenvalue weighted by molar-refractivity contribution is 6.04. The van der Waals surface area contributed by atoms with Crippen LogP contribution in [0.15, 0.2) is 72.6 Å². The van der Waals surface area contributed by atoms with E-state index in [1.807, 2.05) is 23.1 Å². The van der Waals surface area contributed by atoms with Gasteiger partial charge in [-0.3, -0.25) is 9.78 Å². The summed E-state index contributed by atoms with van der Waals surface area (Å²) in [4.78, 5) is 21.5. The molecule has 0 N–H and O–H groups in total. The molecule has 0 bridgehead atoms. The van der Waals surface area contributed by atoms with E-state index in [1.165, 1.54) is 11.1 Å². The Morgan fingerprint density at radius 2 is 1.84 bits per heavy atom. The van der Waals surface area contributed by atoms with Crippen molar-refractivity contribution in [3.63, 3.8) is 0 Å². The average molecular weight is 416 g/mol. The fraction of sp³-hybridized carbons (Fsp3) is 0.333. The molecule has 0 aliphatic carbocycles. The highest BCUT2D eigenvalue weighted by Gasteiger charge is 2.30. The van der Waals surface area contributed by atoms with Crippen molar-refractivity contribution in [2.24, 2.45) is 0 Å². The minimum Gasteiger partial charge on any atom is -0.335 e. The van der Waals surface area contributed by atoms with Gasteiger partial charge in [-0.25, -0.2) is 0 Å². The van der Waals surface area contributed by atoms with Crippen molar-refractivity contribution < 1.29 is 4.79 Å². The predicted octanol–water partition coefficient (Wildman–Crippen LogP) is 6.16. The van der Waals surface area contributed by atoms with Crippen molar-refractivity contribution in [3.05, 3.63) is 83.9 Å². The molecular formula is C27H33N3O. The Hall–Kier alpha value is -3.14. The van der Waals surface area contributed by atoms with Crippen molar-refractivity contribution in [1.29, 1.82) is 0 Å². The maximum absolute atomic E-state index is 13.1. The lowest BCUT2D eigenvalue weighted by molar-refractivity contribution is -0.117. The van der Waals surface area contributed by atoms with E-state index < -0.39 is 0 Å². The molecule has 0 saturated heterocycles. The average Bonchev–Trinajstić information content (AvgIpc) is 2.78. The summed E-state index contributed by atoms with van der Waals surface area (Å²) in [5, 5.41) is 0. The van der Waals surface area contributed by atoms with E-state index in [0.717, 1.165) is 46.7 Å². The third kappa shape index (κ3) is 4.79. The number of anilines is 2. The topological polar surface area (TPSA) is 36.4 Å². The van der Waals surface area contributed by atoms with E-state index in [4.69, 9.17) is 0 Å². The predicted molar refractivity (Wildman–Crippen MR) is 131 cm³/mol. The summed E-state index contributed by atoms with van der Waals surface area (Å²) in [5.74, 6) is 0.0891. The summed E-state index contributed by atoms with van der Waals surface area (Å²) in [6.07, 6.45) is 4.28. The van der Waals surface area contributed by atoms with Crippen LogP contribution < -0.4 is 9.80 Å². The second-order valence-electron chi connectivity index (χ2n) is 8.12. The lowest BCUT2D eigenvalue weighted by Crippen LogP contribution is -2.46. The van der Waals surface area contributed by atoms with Gasteiger partial charge in [0.25, 0.3) is 0 Å². The molecule has 0 radical (unpaired) electrons. The number of pyridine rings is 1. The number of rotatable bonds is 8. The molecule has 1 aromatic heterocycles. The summed E-state index contributed by atoms with van der Waals surface area (Å²) in [5.41, 5.74) is 8.60. The Labute approximate surface area is 186 Å². The minimum absolute atomic E-state index is 0.0891. The van der Waals surface area contributed by atoms with Crippen LogP contribution in [0, 0.1) is 0 Å². The molecule has 1 aromatic carbocycles. The zero-order valence-electron chi connectivity index (χ0n) is 19.2. The molecule has 1 aliphatic rings. The Morgan fingerprint density at radius 3 is 2.45 bits per heavy atom. The van der Waals surface area contributed by atoms with E-state index >= 15 is 0 Å². The van der Waals surface area contributed by atoms with Crippen molar-refractivity contribution >= 4 is 22.9 Å². The number of benzene rings is 1. The first-order valence-electron chi connectivity index (χ1n) is 11.0. The van der Waals surface area contributed by atoms with Crippen LogP contribution in [-0.4, -0.2) is 24.0 Å². The van der Waals surface area contributed by atoms with Gasteiger partial charge in [-0.15, -0.1) is 0 Å². The van der Waals surface area contributed by atoms with Crippen molar-refractivity contribution in [2.45, 2.75) is 47.0 Å². The van der Waals surface area contributed by atoms with Crippen LogP contribution >= 0.6 is 0 Å². The number of hydrogen-bond donors (Lipinski definition) is 0. The number of carbonyl (C=O) groups is 1. The Bertz CT molecular complexity index is 1020. The first-order chi connectivity index (χ1) is 14.9. The zero-order chi connectivity index (χ0) is 22.5. The lowest BCUT2D eigenvalue weighted by Gasteiger charge is -2.38. The van der Waals surface area contributed by atoms with Crippen molar-refractivity contribution in [3.8, 4) is 0 Å². The van der Waals surface area contributed by atoms with Crippen LogP contribution in [0.4, 0.5) is 11.4 Å². The van der Waals surface area contributed by atoms with E-state index in [0.29, 0.717) is 19.5 Å². The monoisotopic (exact) mass is 415 g/mol. The van der Waals surface area contributed by atoms with Crippen molar-refractivity contribution in [1.82, 2.24) is 4.98 Å². The zero-order valence-corrected chi connectivity index (χ0v) is 19.2. The molecule has 3 rings (SSSR count). The first-order valence-corrected chi connectivity index (χ1v) is 11.0. The SMILES string of the molecule is C=C(C)/C(=C(/C)CC)c1ccc2c(c1)N(C(=C)CC)CC(=O)N2CCc1ccccn1. The molecule has 0 spiro atoms. The van der Waals surface area contributed by atoms with Crippen molar-refractivity contribution in [2.75, 3.05) is 22.9 Å². The number of amides is 1. The molecule has 162 valence electrons. The van der Waals surface area contributed by atoms with Gasteiger partial charge in [0.15, 0.2) is 0 Å². The molecule has 2 heterocycles. The Kier molecular flexibility index (Phi) is 7.11. The van der Waals surface area contributed by atoms with Gasteiger partial charge < -0.3 is 9.80 Å². The number of aromatic nitrogens is 1. The van der Waals surface area contributed by atoms with Gasteiger partial charge >= 0.3 is 0 Å². The molecule has 0 atom stereocenters. The smallest absolute Gasteiger partial charge is 0.247 e. The van der Waals surface area contributed by atoms with E-state index in [1.54, 1.807) is 6.20 Å². The Morgan fingerprint density at radius 1 is 1.06 bits per heavy atom. The molecule has 1 amide bonds. The van der Waals surface area contributed by atoms with E-state index in [-0.39, 0.29) is 5.91 Å². The van der Waals surface area contributed by atoms with Crippen LogP contribution in [-0.2, 0) is 11.2 Å². The van der Waals surface area contributed by atoms with Gasteiger partial charge in [-0.2, -0.15) is 0 Å². The lowest BCUT2D eigenvalue weighted by atomic mass is 9.92. The van der Waals surface area contributed by atoms with Gasteiger partial charge in [-0.1, -0.05) is 50.3 Å². The number of allylic oxidation sites excluding steroid dienone is 4. The normalized spacial score (nSPS) is 14.3. The van der Waals surface area contributed by atoms with Crippen LogP contribution in [0.5, 0.6) is 0 Å². The molecule has 4 heteroatoms. The molecule has 0 unspecified atom stereocenters. The maximum atomic E-state index is 13.1. The molecule has 0 fully saturated rings. The summed E-state index contributed by atoms with van der Waals surface area (Å²) in [6.45, 7) is 17.8. The summed E-state index contributed by atoms with van der Waals surface area (Å²) >= 11 is 0. The van der Waals surface area contributed by atoms with Gasteiger partial charge in [0, 0.05) is 30.6 Å². The van der Waals surface area contributed by atoms with Gasteiger partial charge in [0.2, 0.25) is 5.91 Å². The fourth-order valence-corrected chi connectivity index (χ4v) is 4.09. The fourth-order valence-electron chi connectivity index (χ4n) is 4.09. The van der Waals surface area contributed by atoms with Gasteiger partial charge in [0.1, 0.15) is 6.54 Å². The number of carbonyl (C=O) groups excluding carboxylic acids is 1. The quantitative estimate of drug-likeness (QED) is 0.484. The second-order valence-corrected chi connectivity index (χ2v) is 8.12. The van der Waals surface area contributed by atoms with Crippen LogP contribution in [0.25, 0.3) is 5.57 Å². The molecule has 1 aliphatic heterocycles. The minimum atomic E-state index is 0.0891. The second kappa shape index (κ2) is 9.78. The van der Waals surface area contributed by atoms with Gasteiger partial charge in [0.05, 0.1) is 11.4 Å². The summed E-state index contributed by atoms with van der Waals surface area (Å²) in [6, 6.07) is 12.3. The van der Waals surface area contributed by atoms with Gasteiger partial charge in [-0.05, 0) is 62.1 Å². The van der Waals surface area contributed by atoms with Crippen LogP contribution in [0.1, 0.15) is 51.8 Å². The Balaban J connectivity index is 2.05. The third-order valence-electron chi connectivity index (χ3n) is 5.93. The molecule has 31 heavy (non-hydrogen) atoms. The van der Waals surface area contributed by atoms with Crippen LogP contribution in [0.3, 0.4) is 0 Å². The standard InChI is InChI=1S/C27H33N3O/c1-7-20(5)27(19(3)4)22-12-13-24-25(17-22)30(21(6)8-2)18-26(31)29(24)16-14-23-11-9-10-15-28-23/h9-13,15,17H,3,6-8,14,16,18H2,1-2,4-5H3/b27-20+. The highest BCUT2D eigenvalue weighted by atomic mass is 16.2. The van der Waals surface area contributed by atoms with E-state index in [2.05, 4.69) is 68.9 Å². The molecule has 2 aromatic rings. The highest BCUT2D eigenvalue weighted by Crippen LogP contribution is 2.40. The van der Waals surface area contributed by atoms with Crippen LogP contribution in [0.2, 0.25) is 0 Å². The number of fused-ring (bicyclic) bond motifs is 1. The molecule has 4 nitrogen and oxygen atoms in total. The molecule has 0 saturated carbocycles. The summed E-state index contributed by atoms with van der Waals surface area (Å²) < 4.78 is 0.